The molecule has 2 N–H and O–H groups in total. The molecule has 84 valence electrons. The van der Waals surface area contributed by atoms with Gasteiger partial charge in [-0.2, -0.15) is 5.26 Å². The molecular weight excluding hydrogens is 239 g/mol. The maximum atomic E-state index is 13.3. The number of nitriles is 1. The van der Waals surface area contributed by atoms with Crippen molar-refractivity contribution in [3.8, 4) is 17.2 Å². The second-order valence-electron chi connectivity index (χ2n) is 3.58. The number of nitrogens with zero attached hydrogens (tertiary/aromatic N) is 1. The lowest BCUT2D eigenvalue weighted by molar-refractivity contribution is 0.628. The van der Waals surface area contributed by atoms with Crippen LogP contribution in [0.5, 0.6) is 0 Å². The molecule has 2 aromatic carbocycles. The quantitative estimate of drug-likeness (QED) is 0.782. The molecule has 0 aromatic heterocycles. The highest BCUT2D eigenvalue weighted by molar-refractivity contribution is 6.33. The van der Waals surface area contributed by atoms with Gasteiger partial charge in [0.15, 0.2) is 0 Å². The van der Waals surface area contributed by atoms with Gasteiger partial charge in [0.1, 0.15) is 5.82 Å². The Morgan fingerprint density at radius 1 is 1.18 bits per heavy atom. The first kappa shape index (κ1) is 11.4. The summed E-state index contributed by atoms with van der Waals surface area (Å²) in [5.74, 6) is -0.466. The van der Waals surface area contributed by atoms with Gasteiger partial charge in [-0.25, -0.2) is 4.39 Å². The van der Waals surface area contributed by atoms with Crippen LogP contribution in [0.3, 0.4) is 0 Å². The maximum absolute atomic E-state index is 13.3. The summed E-state index contributed by atoms with van der Waals surface area (Å²) in [6.45, 7) is 0. The number of nitrogens with two attached hydrogens (primary N) is 1. The van der Waals surface area contributed by atoms with Crippen molar-refractivity contribution in [3.63, 3.8) is 0 Å². The second-order valence-corrected chi connectivity index (χ2v) is 3.99. The lowest BCUT2D eigenvalue weighted by atomic mass is 10.0. The summed E-state index contributed by atoms with van der Waals surface area (Å²) in [7, 11) is 0. The van der Waals surface area contributed by atoms with Crippen molar-refractivity contribution in [1.82, 2.24) is 0 Å². The molecule has 0 fully saturated rings. The van der Waals surface area contributed by atoms with E-state index in [4.69, 9.17) is 22.6 Å². The minimum atomic E-state index is -0.466. The first-order chi connectivity index (χ1) is 8.10. The zero-order valence-electron chi connectivity index (χ0n) is 8.74. The van der Waals surface area contributed by atoms with Crippen molar-refractivity contribution in [2.75, 3.05) is 5.73 Å². The van der Waals surface area contributed by atoms with E-state index >= 15 is 0 Å². The van der Waals surface area contributed by atoms with Gasteiger partial charge >= 0.3 is 0 Å². The van der Waals surface area contributed by atoms with Gasteiger partial charge in [-0.05, 0) is 35.9 Å². The number of benzene rings is 2. The zero-order chi connectivity index (χ0) is 12.4. The van der Waals surface area contributed by atoms with E-state index in [1.165, 1.54) is 12.1 Å². The Morgan fingerprint density at radius 3 is 2.59 bits per heavy atom. The van der Waals surface area contributed by atoms with E-state index in [-0.39, 0.29) is 5.56 Å². The molecule has 2 aromatic rings. The van der Waals surface area contributed by atoms with Crippen molar-refractivity contribution in [2.24, 2.45) is 0 Å². The Hall–Kier alpha value is -2.05. The standard InChI is InChI=1S/C13H8ClFN2/c14-13-6-11(17)1-2-12(13)9-3-8(7-16)4-10(15)5-9/h1-6H,17H2. The van der Waals surface area contributed by atoms with Crippen LogP contribution in [-0.2, 0) is 0 Å². The van der Waals surface area contributed by atoms with Gasteiger partial charge in [-0.15, -0.1) is 0 Å². The zero-order valence-corrected chi connectivity index (χ0v) is 9.50. The molecule has 4 heteroatoms. The van der Waals surface area contributed by atoms with Gasteiger partial charge < -0.3 is 5.73 Å². The molecule has 0 bridgehead atoms. The molecule has 2 nitrogen and oxygen atoms in total. The van der Waals surface area contributed by atoms with Gasteiger partial charge in [0.2, 0.25) is 0 Å². The smallest absolute Gasteiger partial charge is 0.125 e. The number of rotatable bonds is 1. The molecule has 0 aliphatic heterocycles. The first-order valence-electron chi connectivity index (χ1n) is 4.86. The van der Waals surface area contributed by atoms with E-state index in [1.807, 2.05) is 6.07 Å². The van der Waals surface area contributed by atoms with Crippen molar-refractivity contribution < 1.29 is 4.39 Å². The number of halogens is 2. The fourth-order valence-electron chi connectivity index (χ4n) is 1.58. The van der Waals surface area contributed by atoms with Crippen LogP contribution in [0.1, 0.15) is 5.56 Å². The molecule has 0 aliphatic carbocycles. The molecule has 0 spiro atoms. The van der Waals surface area contributed by atoms with Crippen molar-refractivity contribution in [3.05, 3.63) is 52.8 Å². The summed E-state index contributed by atoms with van der Waals surface area (Å²) in [5.41, 5.74) is 7.59. The lowest BCUT2D eigenvalue weighted by Gasteiger charge is -2.06. The van der Waals surface area contributed by atoms with Gasteiger partial charge in [-0.1, -0.05) is 17.7 Å². The lowest BCUT2D eigenvalue weighted by Crippen LogP contribution is -1.88. The molecule has 0 saturated heterocycles. The molecule has 2 rings (SSSR count). The SMILES string of the molecule is N#Cc1cc(F)cc(-c2ccc(N)cc2Cl)c1. The second kappa shape index (κ2) is 4.44. The molecule has 0 unspecified atom stereocenters. The monoisotopic (exact) mass is 246 g/mol. The predicted molar refractivity (Wildman–Crippen MR) is 66.0 cm³/mol. The summed E-state index contributed by atoms with van der Waals surface area (Å²) in [6, 6.07) is 11.0. The highest BCUT2D eigenvalue weighted by Crippen LogP contribution is 2.30. The summed E-state index contributed by atoms with van der Waals surface area (Å²) < 4.78 is 13.3. The third kappa shape index (κ3) is 2.38. The average Bonchev–Trinajstić information content (AvgIpc) is 2.28. The minimum absolute atomic E-state index is 0.257. The Balaban J connectivity index is 2.61. The topological polar surface area (TPSA) is 49.8 Å². The number of hydrogen-bond donors (Lipinski definition) is 1. The molecular formula is C13H8ClFN2. The van der Waals surface area contributed by atoms with Crippen LogP contribution in [0.2, 0.25) is 5.02 Å². The number of anilines is 1. The van der Waals surface area contributed by atoms with E-state index < -0.39 is 5.82 Å². The predicted octanol–water partition coefficient (Wildman–Crippen LogP) is 3.60. The molecule has 0 saturated carbocycles. The largest absolute Gasteiger partial charge is 0.399 e. The fourth-order valence-corrected chi connectivity index (χ4v) is 1.87. The first-order valence-corrected chi connectivity index (χ1v) is 5.24. The molecule has 0 radical (unpaired) electrons. The molecule has 0 amide bonds. The van der Waals surface area contributed by atoms with Crippen LogP contribution in [0.4, 0.5) is 10.1 Å². The Kier molecular flexibility index (Phi) is 2.99. The summed E-state index contributed by atoms with van der Waals surface area (Å²) >= 11 is 6.03. The van der Waals surface area contributed by atoms with Crippen LogP contribution in [-0.4, -0.2) is 0 Å². The van der Waals surface area contributed by atoms with Crippen molar-refractivity contribution in [1.29, 1.82) is 5.26 Å². The third-order valence-electron chi connectivity index (χ3n) is 2.33. The molecule has 0 heterocycles. The maximum Gasteiger partial charge on any atom is 0.125 e. The number of nitrogen functional groups attached to an aromatic ring is 1. The average molecular weight is 247 g/mol. The summed E-state index contributed by atoms with van der Waals surface area (Å²) in [5, 5.41) is 9.21. The molecule has 0 aliphatic rings. The van der Waals surface area contributed by atoms with E-state index in [0.29, 0.717) is 21.8 Å². The molecule has 17 heavy (non-hydrogen) atoms. The van der Waals surface area contributed by atoms with Crippen LogP contribution < -0.4 is 5.73 Å². The van der Waals surface area contributed by atoms with Crippen LogP contribution in [0.25, 0.3) is 11.1 Å². The fraction of sp³-hybridized carbons (Fsp3) is 0. The van der Waals surface area contributed by atoms with Gasteiger partial charge in [0.25, 0.3) is 0 Å². The van der Waals surface area contributed by atoms with E-state index in [0.717, 1.165) is 0 Å². The third-order valence-corrected chi connectivity index (χ3v) is 2.64. The minimum Gasteiger partial charge on any atom is -0.399 e. The number of hydrogen-bond acceptors (Lipinski definition) is 2. The van der Waals surface area contributed by atoms with E-state index in [1.54, 1.807) is 24.3 Å². The normalized spacial score (nSPS) is 9.94. The summed E-state index contributed by atoms with van der Waals surface area (Å²) in [6.07, 6.45) is 0. The molecule has 0 atom stereocenters. The van der Waals surface area contributed by atoms with E-state index in [9.17, 15) is 4.39 Å². The van der Waals surface area contributed by atoms with Crippen LogP contribution >= 0.6 is 11.6 Å². The Bertz CT molecular complexity index is 617. The van der Waals surface area contributed by atoms with Crippen molar-refractivity contribution in [2.45, 2.75) is 0 Å². The van der Waals surface area contributed by atoms with Crippen molar-refractivity contribution >= 4 is 17.3 Å². The highest BCUT2D eigenvalue weighted by atomic mass is 35.5. The van der Waals surface area contributed by atoms with Gasteiger partial charge in [0, 0.05) is 11.3 Å². The van der Waals surface area contributed by atoms with Crippen LogP contribution in [0.15, 0.2) is 36.4 Å². The highest BCUT2D eigenvalue weighted by Gasteiger charge is 2.07. The van der Waals surface area contributed by atoms with E-state index in [2.05, 4.69) is 0 Å². The van der Waals surface area contributed by atoms with Crippen LogP contribution in [0, 0.1) is 17.1 Å². The Morgan fingerprint density at radius 2 is 1.94 bits per heavy atom. The summed E-state index contributed by atoms with van der Waals surface area (Å²) in [4.78, 5) is 0. The van der Waals surface area contributed by atoms with Gasteiger partial charge in [-0.3, -0.25) is 0 Å². The Labute approximate surface area is 103 Å². The van der Waals surface area contributed by atoms with Gasteiger partial charge in [0.05, 0.1) is 16.7 Å².